The van der Waals surface area contributed by atoms with Crippen LogP contribution < -0.4 is 5.32 Å². The van der Waals surface area contributed by atoms with Crippen LogP contribution >= 0.6 is 0 Å². The molecule has 1 N–H and O–H groups in total. The molecule has 3 rings (SSSR count). The molecule has 0 radical (unpaired) electrons. The summed E-state index contributed by atoms with van der Waals surface area (Å²) in [4.78, 5) is 34.9. The van der Waals surface area contributed by atoms with Crippen molar-refractivity contribution in [2.45, 2.75) is 24.7 Å². The second kappa shape index (κ2) is 9.23. The Balaban J connectivity index is 1.65. The molecule has 0 bridgehead atoms. The maximum atomic E-state index is 12.6. The van der Waals surface area contributed by atoms with Crippen molar-refractivity contribution in [3.8, 4) is 0 Å². The molecule has 1 amide bonds. The highest BCUT2D eigenvalue weighted by molar-refractivity contribution is 7.89. The minimum atomic E-state index is -3.70. The third-order valence-corrected chi connectivity index (χ3v) is 6.63. The first-order chi connectivity index (χ1) is 14.7. The van der Waals surface area contributed by atoms with E-state index in [0.717, 1.165) is 12.8 Å². The van der Waals surface area contributed by atoms with Gasteiger partial charge in [-0.05, 0) is 49.6 Å². The summed E-state index contributed by atoms with van der Waals surface area (Å²) in [6.07, 6.45) is 1.57. The van der Waals surface area contributed by atoms with Crippen molar-refractivity contribution in [2.75, 3.05) is 25.0 Å². The summed E-state index contributed by atoms with van der Waals surface area (Å²) in [7, 11) is -3.70. The summed E-state index contributed by atoms with van der Waals surface area (Å²) in [6, 6.07) is 9.71. The van der Waals surface area contributed by atoms with E-state index in [4.69, 9.17) is 4.74 Å². The molecule has 11 heteroatoms. The van der Waals surface area contributed by atoms with Gasteiger partial charge in [-0.2, -0.15) is 4.31 Å². The van der Waals surface area contributed by atoms with E-state index < -0.39 is 33.4 Å². The third kappa shape index (κ3) is 5.25. The van der Waals surface area contributed by atoms with Gasteiger partial charge in [-0.1, -0.05) is 12.1 Å². The van der Waals surface area contributed by atoms with E-state index in [1.807, 2.05) is 0 Å². The molecule has 1 aliphatic heterocycles. The molecule has 0 unspecified atom stereocenters. The number of nitro groups is 1. The predicted molar refractivity (Wildman–Crippen MR) is 111 cm³/mol. The second-order valence-corrected chi connectivity index (χ2v) is 8.98. The zero-order valence-corrected chi connectivity index (χ0v) is 17.6. The Labute approximate surface area is 179 Å². The SMILES string of the molecule is Cc1ccc(NC(=O)COC(=O)c2cccc(S(=O)(=O)N3CCCC3)c2)c([N+](=O)[O-])c1. The summed E-state index contributed by atoms with van der Waals surface area (Å²) >= 11 is 0. The number of aryl methyl sites for hydroxylation is 1. The average molecular weight is 447 g/mol. The van der Waals surface area contributed by atoms with Crippen LogP contribution in [0.25, 0.3) is 0 Å². The number of carbonyl (C=O) groups is 2. The lowest BCUT2D eigenvalue weighted by molar-refractivity contribution is -0.384. The van der Waals surface area contributed by atoms with E-state index in [2.05, 4.69) is 5.32 Å². The van der Waals surface area contributed by atoms with Crippen LogP contribution in [0.1, 0.15) is 28.8 Å². The number of nitrogens with one attached hydrogen (secondary N) is 1. The molecule has 0 atom stereocenters. The van der Waals surface area contributed by atoms with Gasteiger partial charge in [0.05, 0.1) is 15.4 Å². The van der Waals surface area contributed by atoms with E-state index >= 15 is 0 Å². The maximum absolute atomic E-state index is 12.6. The second-order valence-electron chi connectivity index (χ2n) is 7.04. The van der Waals surface area contributed by atoms with Gasteiger partial charge in [-0.3, -0.25) is 14.9 Å². The first-order valence-corrected chi connectivity index (χ1v) is 10.9. The molecule has 1 saturated heterocycles. The molecular weight excluding hydrogens is 426 g/mol. The normalized spacial score (nSPS) is 14.2. The largest absolute Gasteiger partial charge is 0.452 e. The first kappa shape index (κ1) is 22.4. The van der Waals surface area contributed by atoms with E-state index in [-0.39, 0.29) is 21.8 Å². The van der Waals surface area contributed by atoms with Crippen molar-refractivity contribution < 1.29 is 27.7 Å². The van der Waals surface area contributed by atoms with Crippen LogP contribution in [0.3, 0.4) is 0 Å². The van der Waals surface area contributed by atoms with E-state index in [1.54, 1.807) is 13.0 Å². The van der Waals surface area contributed by atoms with Crippen molar-refractivity contribution in [2.24, 2.45) is 0 Å². The number of rotatable bonds is 7. The summed E-state index contributed by atoms with van der Waals surface area (Å²) in [5, 5.41) is 13.5. The fourth-order valence-electron chi connectivity index (χ4n) is 3.16. The van der Waals surface area contributed by atoms with Crippen LogP contribution in [0.5, 0.6) is 0 Å². The number of nitro benzene ring substituents is 1. The fraction of sp³-hybridized carbons (Fsp3) is 0.300. The summed E-state index contributed by atoms with van der Waals surface area (Å²) in [5.41, 5.74) is 0.337. The van der Waals surface area contributed by atoms with Gasteiger partial charge >= 0.3 is 5.97 Å². The van der Waals surface area contributed by atoms with Gasteiger partial charge in [0, 0.05) is 19.2 Å². The molecule has 1 heterocycles. The Morgan fingerprint density at radius 2 is 1.87 bits per heavy atom. The number of ether oxygens (including phenoxy) is 1. The molecule has 0 aliphatic carbocycles. The number of carbonyl (C=O) groups excluding carboxylic acids is 2. The quantitative estimate of drug-likeness (QED) is 0.391. The number of esters is 1. The smallest absolute Gasteiger partial charge is 0.338 e. The molecule has 1 fully saturated rings. The lowest BCUT2D eigenvalue weighted by atomic mass is 10.2. The molecule has 31 heavy (non-hydrogen) atoms. The Morgan fingerprint density at radius 1 is 1.16 bits per heavy atom. The minimum Gasteiger partial charge on any atom is -0.452 e. The van der Waals surface area contributed by atoms with E-state index in [1.165, 1.54) is 40.7 Å². The average Bonchev–Trinajstić information content (AvgIpc) is 3.29. The van der Waals surface area contributed by atoms with Gasteiger partial charge in [0.1, 0.15) is 5.69 Å². The van der Waals surface area contributed by atoms with Crippen LogP contribution in [-0.4, -0.2) is 49.2 Å². The fourth-order valence-corrected chi connectivity index (χ4v) is 4.72. The first-order valence-electron chi connectivity index (χ1n) is 9.51. The highest BCUT2D eigenvalue weighted by Crippen LogP contribution is 2.25. The highest BCUT2D eigenvalue weighted by atomic mass is 32.2. The summed E-state index contributed by atoms with van der Waals surface area (Å²) < 4.78 is 31.6. The monoisotopic (exact) mass is 447 g/mol. The molecule has 164 valence electrons. The van der Waals surface area contributed by atoms with Gasteiger partial charge in [-0.15, -0.1) is 0 Å². The van der Waals surface area contributed by atoms with Crippen molar-refractivity contribution in [3.63, 3.8) is 0 Å². The highest BCUT2D eigenvalue weighted by Gasteiger charge is 2.28. The van der Waals surface area contributed by atoms with Crippen LogP contribution in [0, 0.1) is 17.0 Å². The van der Waals surface area contributed by atoms with Gasteiger partial charge in [0.2, 0.25) is 10.0 Å². The van der Waals surface area contributed by atoms with Crippen LogP contribution in [-0.2, 0) is 19.6 Å². The Morgan fingerprint density at radius 3 is 2.55 bits per heavy atom. The van der Waals surface area contributed by atoms with E-state index in [9.17, 15) is 28.1 Å². The minimum absolute atomic E-state index is 0.0182. The molecule has 0 saturated carbocycles. The van der Waals surface area contributed by atoms with Crippen LogP contribution in [0.4, 0.5) is 11.4 Å². The van der Waals surface area contributed by atoms with Crippen LogP contribution in [0.15, 0.2) is 47.4 Å². The Kier molecular flexibility index (Phi) is 6.66. The molecule has 2 aromatic rings. The molecular formula is C20H21N3O7S. The van der Waals surface area contributed by atoms with Crippen molar-refractivity contribution in [1.29, 1.82) is 0 Å². The number of anilines is 1. The van der Waals surface area contributed by atoms with Crippen molar-refractivity contribution >= 4 is 33.3 Å². The predicted octanol–water partition coefficient (Wildman–Crippen LogP) is 2.48. The van der Waals surface area contributed by atoms with Gasteiger partial charge in [0.15, 0.2) is 6.61 Å². The number of hydrogen-bond donors (Lipinski definition) is 1. The topological polar surface area (TPSA) is 136 Å². The van der Waals surface area contributed by atoms with Gasteiger partial charge < -0.3 is 10.1 Å². The Bertz CT molecular complexity index is 1130. The molecule has 0 aromatic heterocycles. The number of sulfonamides is 1. The molecule has 10 nitrogen and oxygen atoms in total. The molecule has 2 aromatic carbocycles. The van der Waals surface area contributed by atoms with Crippen molar-refractivity contribution in [1.82, 2.24) is 4.31 Å². The zero-order valence-electron chi connectivity index (χ0n) is 16.7. The number of nitrogens with zero attached hydrogens (tertiary/aromatic N) is 2. The summed E-state index contributed by atoms with van der Waals surface area (Å²) in [5.74, 6) is -1.65. The third-order valence-electron chi connectivity index (χ3n) is 4.73. The lowest BCUT2D eigenvalue weighted by Crippen LogP contribution is -2.28. The number of amides is 1. The molecule has 0 spiro atoms. The maximum Gasteiger partial charge on any atom is 0.338 e. The van der Waals surface area contributed by atoms with Gasteiger partial charge in [0.25, 0.3) is 11.6 Å². The summed E-state index contributed by atoms with van der Waals surface area (Å²) in [6.45, 7) is 1.86. The van der Waals surface area contributed by atoms with E-state index in [0.29, 0.717) is 18.7 Å². The standard InChI is InChI=1S/C20H21N3O7S/c1-14-7-8-17(18(11-14)23(26)27)21-19(24)13-30-20(25)15-5-4-6-16(12-15)31(28,29)22-9-2-3-10-22/h4-8,11-12H,2-3,9-10,13H2,1H3,(H,21,24). The number of hydrogen-bond acceptors (Lipinski definition) is 7. The molecule has 1 aliphatic rings. The lowest BCUT2D eigenvalue weighted by Gasteiger charge is -2.15. The van der Waals surface area contributed by atoms with Gasteiger partial charge in [-0.25, -0.2) is 13.2 Å². The zero-order chi connectivity index (χ0) is 22.6. The van der Waals surface area contributed by atoms with Crippen molar-refractivity contribution in [3.05, 3.63) is 63.7 Å². The number of benzene rings is 2. The Hall–Kier alpha value is -3.31. The van der Waals surface area contributed by atoms with Crippen LogP contribution in [0.2, 0.25) is 0 Å².